The predicted molar refractivity (Wildman–Crippen MR) is 222 cm³/mol. The number of fused-ring (bicyclic) bond motifs is 11. The van der Waals surface area contributed by atoms with Crippen LogP contribution in [0.4, 0.5) is 0 Å². The lowest BCUT2D eigenvalue weighted by molar-refractivity contribution is 0.668. The molecule has 5 heteroatoms. The summed E-state index contributed by atoms with van der Waals surface area (Å²) in [4.78, 5) is 10.7. The molecule has 4 aromatic heterocycles. The SMILES string of the molecule is c1ccc2cc(-c3nc(-c4cccc5oc6cc(-n7c8ccccc8c8cc9ccccc9cc87)ccc6c45)nc4c3sc3ccccc34)ccc2c1. The zero-order chi connectivity index (χ0) is 34.6. The maximum absolute atomic E-state index is 6.69. The largest absolute Gasteiger partial charge is 0.456 e. The van der Waals surface area contributed by atoms with Gasteiger partial charge in [0.25, 0.3) is 0 Å². The van der Waals surface area contributed by atoms with E-state index < -0.39 is 0 Å². The van der Waals surface area contributed by atoms with Gasteiger partial charge >= 0.3 is 0 Å². The first-order valence-electron chi connectivity index (χ1n) is 17.8. The number of furan rings is 1. The number of thiophene rings is 1. The molecule has 4 heterocycles. The molecule has 0 spiro atoms. The molecule has 0 radical (unpaired) electrons. The van der Waals surface area contributed by atoms with Crippen molar-refractivity contribution in [3.05, 3.63) is 164 Å². The van der Waals surface area contributed by atoms with Crippen LogP contribution in [-0.2, 0) is 0 Å². The second kappa shape index (κ2) is 10.8. The Morgan fingerprint density at radius 2 is 1.25 bits per heavy atom. The first-order valence-corrected chi connectivity index (χ1v) is 18.6. The molecule has 0 saturated carbocycles. The standard InChI is InChI=1S/C48H27N3OS/c1-2-11-29-24-32(21-20-28(29)10-1)45-47-46(36-15-6-8-19-43(36)53-47)50-48(49-45)37-16-9-18-41-44(37)35-23-22-33(27-42(35)52-41)51-39-17-7-5-14-34(39)38-25-30-12-3-4-13-31(30)26-40(38)51/h1-27H. The second-order valence-electron chi connectivity index (χ2n) is 13.8. The van der Waals surface area contributed by atoms with Crippen LogP contribution in [0.25, 0.3) is 114 Å². The summed E-state index contributed by atoms with van der Waals surface area (Å²) >= 11 is 1.76. The molecule has 12 rings (SSSR count). The van der Waals surface area contributed by atoms with Crippen molar-refractivity contribution < 1.29 is 4.42 Å². The lowest BCUT2D eigenvalue weighted by Gasteiger charge is -2.10. The highest BCUT2D eigenvalue weighted by Crippen LogP contribution is 2.43. The maximum Gasteiger partial charge on any atom is 0.161 e. The molecule has 0 atom stereocenters. The monoisotopic (exact) mass is 693 g/mol. The number of benzene rings is 8. The van der Waals surface area contributed by atoms with Gasteiger partial charge in [0.1, 0.15) is 11.2 Å². The van der Waals surface area contributed by atoms with Crippen LogP contribution < -0.4 is 0 Å². The summed E-state index contributed by atoms with van der Waals surface area (Å²) in [5.74, 6) is 0.691. The number of para-hydroxylation sites is 1. The Kier molecular flexibility index (Phi) is 5.90. The van der Waals surface area contributed by atoms with E-state index in [1.165, 1.54) is 48.1 Å². The van der Waals surface area contributed by atoms with E-state index >= 15 is 0 Å². The Bertz CT molecular complexity index is 3480. The molecule has 4 nitrogen and oxygen atoms in total. The summed E-state index contributed by atoms with van der Waals surface area (Å²) in [6.07, 6.45) is 0. The van der Waals surface area contributed by atoms with Crippen LogP contribution in [0.15, 0.2) is 168 Å². The van der Waals surface area contributed by atoms with E-state index in [9.17, 15) is 0 Å². The number of hydrogen-bond donors (Lipinski definition) is 0. The van der Waals surface area contributed by atoms with Gasteiger partial charge in [-0.2, -0.15) is 0 Å². The fourth-order valence-electron chi connectivity index (χ4n) is 8.32. The topological polar surface area (TPSA) is 43.9 Å². The van der Waals surface area contributed by atoms with Crippen molar-refractivity contribution in [2.75, 3.05) is 0 Å². The van der Waals surface area contributed by atoms with E-state index in [1.807, 2.05) is 12.1 Å². The third-order valence-electron chi connectivity index (χ3n) is 10.8. The van der Waals surface area contributed by atoms with Gasteiger partial charge < -0.3 is 8.98 Å². The molecule has 8 aromatic carbocycles. The van der Waals surface area contributed by atoms with Gasteiger partial charge in [0.15, 0.2) is 5.82 Å². The van der Waals surface area contributed by atoms with Gasteiger partial charge in [-0.25, -0.2) is 9.97 Å². The number of nitrogens with zero attached hydrogens (tertiary/aromatic N) is 3. The van der Waals surface area contributed by atoms with Crippen LogP contribution in [0.5, 0.6) is 0 Å². The molecule has 53 heavy (non-hydrogen) atoms. The smallest absolute Gasteiger partial charge is 0.161 e. The molecule has 0 amide bonds. The van der Waals surface area contributed by atoms with Crippen molar-refractivity contribution in [1.82, 2.24) is 14.5 Å². The number of aromatic nitrogens is 3. The Morgan fingerprint density at radius 1 is 0.491 bits per heavy atom. The van der Waals surface area contributed by atoms with Gasteiger partial charge in [-0.1, -0.05) is 109 Å². The molecule has 246 valence electrons. The average molecular weight is 694 g/mol. The zero-order valence-electron chi connectivity index (χ0n) is 28.2. The minimum absolute atomic E-state index is 0.691. The van der Waals surface area contributed by atoms with Crippen molar-refractivity contribution >= 4 is 96.9 Å². The van der Waals surface area contributed by atoms with Crippen molar-refractivity contribution in [1.29, 1.82) is 0 Å². The molecule has 0 unspecified atom stereocenters. The molecule has 0 aliphatic carbocycles. The second-order valence-corrected chi connectivity index (χ2v) is 14.8. The first kappa shape index (κ1) is 28.8. The van der Waals surface area contributed by atoms with Gasteiger partial charge in [0.05, 0.1) is 26.9 Å². The molecule has 0 fully saturated rings. The third-order valence-corrected chi connectivity index (χ3v) is 11.9. The Balaban J connectivity index is 1.09. The quantitative estimate of drug-likeness (QED) is 0.185. The molecular formula is C48H27N3OS. The molecule has 12 aromatic rings. The van der Waals surface area contributed by atoms with Gasteiger partial charge in [-0.15, -0.1) is 11.3 Å². The molecule has 0 aliphatic rings. The summed E-state index contributed by atoms with van der Waals surface area (Å²) in [6.45, 7) is 0. The molecule has 0 saturated heterocycles. The minimum Gasteiger partial charge on any atom is -0.456 e. The van der Waals surface area contributed by atoms with Gasteiger partial charge in [-0.3, -0.25) is 0 Å². The summed E-state index contributed by atoms with van der Waals surface area (Å²) < 4.78 is 11.3. The van der Waals surface area contributed by atoms with E-state index in [-0.39, 0.29) is 0 Å². The van der Waals surface area contributed by atoms with Crippen LogP contribution in [-0.4, -0.2) is 14.5 Å². The Labute approximate surface area is 306 Å². The Hall–Kier alpha value is -6.82. The van der Waals surface area contributed by atoms with Crippen molar-refractivity contribution in [3.8, 4) is 28.3 Å². The fourth-order valence-corrected chi connectivity index (χ4v) is 9.47. The number of hydrogen-bond acceptors (Lipinski definition) is 4. The van der Waals surface area contributed by atoms with E-state index in [0.29, 0.717) is 5.82 Å². The molecule has 0 aliphatic heterocycles. The van der Waals surface area contributed by atoms with Crippen LogP contribution >= 0.6 is 11.3 Å². The predicted octanol–water partition coefficient (Wildman–Crippen LogP) is 13.5. The summed E-state index contributed by atoms with van der Waals surface area (Å²) in [5.41, 5.74) is 9.00. The van der Waals surface area contributed by atoms with Gasteiger partial charge in [-0.05, 0) is 70.1 Å². The zero-order valence-corrected chi connectivity index (χ0v) is 29.1. The highest BCUT2D eigenvalue weighted by atomic mass is 32.1. The van der Waals surface area contributed by atoms with E-state index in [4.69, 9.17) is 14.4 Å². The van der Waals surface area contributed by atoms with Crippen LogP contribution in [0.3, 0.4) is 0 Å². The molecular weight excluding hydrogens is 667 g/mol. The molecule has 0 N–H and O–H groups in total. The van der Waals surface area contributed by atoms with Gasteiger partial charge in [0.2, 0.25) is 0 Å². The maximum atomic E-state index is 6.69. The molecule has 0 bridgehead atoms. The normalized spacial score (nSPS) is 12.2. The lowest BCUT2D eigenvalue weighted by atomic mass is 10.0. The highest BCUT2D eigenvalue weighted by Gasteiger charge is 2.21. The van der Waals surface area contributed by atoms with E-state index in [1.54, 1.807) is 11.3 Å². The fraction of sp³-hybridized carbons (Fsp3) is 0. The van der Waals surface area contributed by atoms with Crippen molar-refractivity contribution in [2.45, 2.75) is 0 Å². The highest BCUT2D eigenvalue weighted by molar-refractivity contribution is 7.26. The summed E-state index contributed by atoms with van der Waals surface area (Å²) in [7, 11) is 0. The Morgan fingerprint density at radius 3 is 2.13 bits per heavy atom. The van der Waals surface area contributed by atoms with Crippen molar-refractivity contribution in [2.24, 2.45) is 0 Å². The summed E-state index contributed by atoms with van der Waals surface area (Å²) in [6, 6.07) is 58.3. The lowest BCUT2D eigenvalue weighted by Crippen LogP contribution is -1.94. The van der Waals surface area contributed by atoms with Crippen molar-refractivity contribution in [3.63, 3.8) is 0 Å². The summed E-state index contributed by atoms with van der Waals surface area (Å²) in [5, 5.41) is 10.5. The van der Waals surface area contributed by atoms with Crippen LogP contribution in [0, 0.1) is 0 Å². The number of rotatable bonds is 3. The van der Waals surface area contributed by atoms with E-state index in [2.05, 4.69) is 156 Å². The van der Waals surface area contributed by atoms with Gasteiger partial charge in [0, 0.05) is 54.5 Å². The minimum atomic E-state index is 0.691. The van der Waals surface area contributed by atoms with E-state index in [0.717, 1.165) is 60.0 Å². The average Bonchev–Trinajstić information content (AvgIpc) is 3.88. The third kappa shape index (κ3) is 4.23. The first-order chi connectivity index (χ1) is 26.2. The van der Waals surface area contributed by atoms with Crippen LogP contribution in [0.2, 0.25) is 0 Å². The van der Waals surface area contributed by atoms with Crippen LogP contribution in [0.1, 0.15) is 0 Å².